The molecule has 2 aromatic rings. The SMILES string of the molecule is CC(C)NC(N)=NCc1ccccc1Oc1ccccc1.I. The number of nitrogens with two attached hydrogens (primary N) is 1. The molecule has 0 amide bonds. The van der Waals surface area contributed by atoms with Crippen molar-refractivity contribution in [3.63, 3.8) is 0 Å². The Balaban J connectivity index is 0.00000242. The average Bonchev–Trinajstić information content (AvgIpc) is 2.47. The van der Waals surface area contributed by atoms with E-state index in [0.29, 0.717) is 12.5 Å². The predicted octanol–water partition coefficient (Wildman–Crippen LogP) is 3.91. The van der Waals surface area contributed by atoms with Crippen molar-refractivity contribution in [1.82, 2.24) is 5.32 Å². The van der Waals surface area contributed by atoms with Gasteiger partial charge in [0.15, 0.2) is 5.96 Å². The Morgan fingerprint density at radius 2 is 1.73 bits per heavy atom. The summed E-state index contributed by atoms with van der Waals surface area (Å²) in [5.74, 6) is 2.05. The molecule has 118 valence electrons. The quantitative estimate of drug-likeness (QED) is 0.446. The van der Waals surface area contributed by atoms with Crippen LogP contribution in [0.15, 0.2) is 59.6 Å². The summed E-state index contributed by atoms with van der Waals surface area (Å²) in [6.07, 6.45) is 0. The van der Waals surface area contributed by atoms with Crippen LogP contribution in [0, 0.1) is 0 Å². The lowest BCUT2D eigenvalue weighted by atomic mass is 10.2. The van der Waals surface area contributed by atoms with Crippen LogP contribution in [0.2, 0.25) is 0 Å². The van der Waals surface area contributed by atoms with E-state index in [1.165, 1.54) is 0 Å². The highest BCUT2D eigenvalue weighted by Crippen LogP contribution is 2.25. The van der Waals surface area contributed by atoms with Gasteiger partial charge in [0.1, 0.15) is 11.5 Å². The fraction of sp³-hybridized carbons (Fsp3) is 0.235. The lowest BCUT2D eigenvalue weighted by Crippen LogP contribution is -2.36. The van der Waals surface area contributed by atoms with Crippen molar-refractivity contribution in [2.75, 3.05) is 0 Å². The number of guanidine groups is 1. The number of hydrogen-bond donors (Lipinski definition) is 2. The molecule has 0 saturated carbocycles. The molecule has 0 aromatic heterocycles. The molecule has 3 N–H and O–H groups in total. The lowest BCUT2D eigenvalue weighted by molar-refractivity contribution is 0.476. The van der Waals surface area contributed by atoms with Gasteiger partial charge < -0.3 is 15.8 Å². The van der Waals surface area contributed by atoms with Crippen LogP contribution in [0.25, 0.3) is 0 Å². The molecule has 0 heterocycles. The van der Waals surface area contributed by atoms with Gasteiger partial charge in [0.25, 0.3) is 0 Å². The third-order valence-corrected chi connectivity index (χ3v) is 2.80. The summed E-state index contributed by atoms with van der Waals surface area (Å²) in [7, 11) is 0. The van der Waals surface area contributed by atoms with Crippen LogP contribution in [-0.2, 0) is 6.54 Å². The van der Waals surface area contributed by atoms with Crippen molar-refractivity contribution >= 4 is 29.9 Å². The molecule has 0 fully saturated rings. The zero-order valence-corrected chi connectivity index (χ0v) is 15.2. The summed E-state index contributed by atoms with van der Waals surface area (Å²) >= 11 is 0. The van der Waals surface area contributed by atoms with Crippen molar-refractivity contribution in [1.29, 1.82) is 0 Å². The van der Waals surface area contributed by atoms with E-state index in [4.69, 9.17) is 10.5 Å². The van der Waals surface area contributed by atoms with E-state index in [1.807, 2.05) is 68.4 Å². The van der Waals surface area contributed by atoms with Crippen molar-refractivity contribution in [2.45, 2.75) is 26.4 Å². The van der Waals surface area contributed by atoms with E-state index in [2.05, 4.69) is 10.3 Å². The number of benzene rings is 2. The summed E-state index contributed by atoms with van der Waals surface area (Å²) < 4.78 is 5.89. The average molecular weight is 411 g/mol. The Labute approximate surface area is 148 Å². The molecule has 0 saturated heterocycles. The van der Waals surface area contributed by atoms with Gasteiger partial charge in [-0.25, -0.2) is 4.99 Å². The molecule has 0 radical (unpaired) electrons. The molecule has 22 heavy (non-hydrogen) atoms. The van der Waals surface area contributed by atoms with Gasteiger partial charge in [-0.3, -0.25) is 0 Å². The molecular weight excluding hydrogens is 389 g/mol. The topological polar surface area (TPSA) is 59.6 Å². The Morgan fingerprint density at radius 1 is 1.09 bits per heavy atom. The van der Waals surface area contributed by atoms with E-state index in [-0.39, 0.29) is 30.0 Å². The Hall–Kier alpha value is -1.76. The minimum absolute atomic E-state index is 0. The van der Waals surface area contributed by atoms with Gasteiger partial charge in [0.05, 0.1) is 6.54 Å². The number of rotatable bonds is 5. The molecule has 4 nitrogen and oxygen atoms in total. The molecule has 0 spiro atoms. The number of nitrogens with zero attached hydrogens (tertiary/aromatic N) is 1. The maximum Gasteiger partial charge on any atom is 0.189 e. The van der Waals surface area contributed by atoms with E-state index in [0.717, 1.165) is 17.1 Å². The van der Waals surface area contributed by atoms with Crippen molar-refractivity contribution in [2.24, 2.45) is 10.7 Å². The second-order valence-electron chi connectivity index (χ2n) is 5.02. The first-order valence-electron chi connectivity index (χ1n) is 7.02. The van der Waals surface area contributed by atoms with Crippen LogP contribution in [0.3, 0.4) is 0 Å². The van der Waals surface area contributed by atoms with E-state index < -0.39 is 0 Å². The van der Waals surface area contributed by atoms with Gasteiger partial charge in [-0.05, 0) is 32.0 Å². The normalized spacial score (nSPS) is 11.0. The first-order valence-corrected chi connectivity index (χ1v) is 7.02. The predicted molar refractivity (Wildman–Crippen MR) is 102 cm³/mol. The summed E-state index contributed by atoms with van der Waals surface area (Å²) in [4.78, 5) is 4.34. The zero-order valence-electron chi connectivity index (χ0n) is 12.8. The van der Waals surface area contributed by atoms with Gasteiger partial charge in [0.2, 0.25) is 0 Å². The Morgan fingerprint density at radius 3 is 2.41 bits per heavy atom. The first kappa shape index (κ1) is 18.3. The largest absolute Gasteiger partial charge is 0.457 e. The van der Waals surface area contributed by atoms with Gasteiger partial charge in [-0.1, -0.05) is 36.4 Å². The number of ether oxygens (including phenoxy) is 1. The fourth-order valence-corrected chi connectivity index (χ4v) is 1.86. The van der Waals surface area contributed by atoms with Crippen LogP contribution in [0.1, 0.15) is 19.4 Å². The van der Waals surface area contributed by atoms with E-state index >= 15 is 0 Å². The number of hydrogen-bond acceptors (Lipinski definition) is 2. The minimum Gasteiger partial charge on any atom is -0.457 e. The highest BCUT2D eigenvalue weighted by molar-refractivity contribution is 14.0. The molecular formula is C17H22IN3O. The number of para-hydroxylation sites is 2. The maximum atomic E-state index is 5.89. The minimum atomic E-state index is 0. The maximum absolute atomic E-state index is 5.89. The molecule has 0 aliphatic carbocycles. The molecule has 5 heteroatoms. The van der Waals surface area contributed by atoms with E-state index in [1.54, 1.807) is 0 Å². The Bertz CT molecular complexity index is 600. The molecule has 0 bridgehead atoms. The highest BCUT2D eigenvalue weighted by Gasteiger charge is 2.04. The molecule has 0 aliphatic rings. The fourth-order valence-electron chi connectivity index (χ4n) is 1.86. The summed E-state index contributed by atoms with van der Waals surface area (Å²) in [6, 6.07) is 17.8. The van der Waals surface area contributed by atoms with Gasteiger partial charge >= 0.3 is 0 Å². The molecule has 2 rings (SSSR count). The second-order valence-corrected chi connectivity index (χ2v) is 5.02. The smallest absolute Gasteiger partial charge is 0.189 e. The first-order chi connectivity index (χ1) is 10.1. The third kappa shape index (κ3) is 5.93. The van der Waals surface area contributed by atoms with Crippen LogP contribution < -0.4 is 15.8 Å². The molecule has 2 aromatic carbocycles. The third-order valence-electron chi connectivity index (χ3n) is 2.80. The van der Waals surface area contributed by atoms with Gasteiger partial charge in [-0.15, -0.1) is 24.0 Å². The standard InChI is InChI=1S/C17H21N3O.HI/c1-13(2)20-17(18)19-12-14-8-6-7-11-16(14)21-15-9-4-3-5-10-15;/h3-11,13H,12H2,1-2H3,(H3,18,19,20);1H. The van der Waals surface area contributed by atoms with Crippen molar-refractivity contribution < 1.29 is 4.74 Å². The summed E-state index contributed by atoms with van der Waals surface area (Å²) in [5.41, 5.74) is 6.82. The summed E-state index contributed by atoms with van der Waals surface area (Å²) in [6.45, 7) is 4.53. The van der Waals surface area contributed by atoms with Gasteiger partial charge in [0, 0.05) is 11.6 Å². The van der Waals surface area contributed by atoms with Crippen LogP contribution >= 0.6 is 24.0 Å². The van der Waals surface area contributed by atoms with Crippen molar-refractivity contribution in [3.05, 3.63) is 60.2 Å². The van der Waals surface area contributed by atoms with Crippen molar-refractivity contribution in [3.8, 4) is 11.5 Å². The van der Waals surface area contributed by atoms with E-state index in [9.17, 15) is 0 Å². The zero-order chi connectivity index (χ0) is 15.1. The van der Waals surface area contributed by atoms with Crippen LogP contribution in [0.5, 0.6) is 11.5 Å². The number of nitrogens with one attached hydrogen (secondary N) is 1. The second kappa shape index (κ2) is 9.30. The van der Waals surface area contributed by atoms with Crippen LogP contribution in [-0.4, -0.2) is 12.0 Å². The molecule has 0 aliphatic heterocycles. The Kier molecular flexibility index (Phi) is 7.73. The monoisotopic (exact) mass is 411 g/mol. The molecule has 0 atom stereocenters. The number of halogens is 1. The highest BCUT2D eigenvalue weighted by atomic mass is 127. The van der Waals surface area contributed by atoms with Gasteiger partial charge in [-0.2, -0.15) is 0 Å². The lowest BCUT2D eigenvalue weighted by Gasteiger charge is -2.11. The summed E-state index contributed by atoms with van der Waals surface area (Å²) in [5, 5.41) is 3.07. The number of aliphatic imine (C=N–C) groups is 1. The van der Waals surface area contributed by atoms with Crippen LogP contribution in [0.4, 0.5) is 0 Å². The molecule has 0 unspecified atom stereocenters.